The van der Waals surface area contributed by atoms with Crippen LogP contribution in [0.3, 0.4) is 0 Å². The van der Waals surface area contributed by atoms with Crippen molar-refractivity contribution in [2.75, 3.05) is 13.1 Å². The fourth-order valence-electron chi connectivity index (χ4n) is 2.55. The van der Waals surface area contributed by atoms with Crippen LogP contribution in [-0.2, 0) is 6.54 Å². The summed E-state index contributed by atoms with van der Waals surface area (Å²) in [4.78, 5) is 2.52. The van der Waals surface area contributed by atoms with Gasteiger partial charge in [0.25, 0.3) is 0 Å². The van der Waals surface area contributed by atoms with E-state index < -0.39 is 0 Å². The molecule has 0 aromatic heterocycles. The minimum absolute atomic E-state index is 0.0627. The van der Waals surface area contributed by atoms with E-state index in [4.69, 9.17) is 5.73 Å². The van der Waals surface area contributed by atoms with E-state index in [2.05, 4.69) is 49.1 Å². The Labute approximate surface area is 105 Å². The molecule has 1 aliphatic rings. The van der Waals surface area contributed by atoms with E-state index in [9.17, 15) is 0 Å². The van der Waals surface area contributed by atoms with Crippen LogP contribution >= 0.6 is 0 Å². The molecule has 0 aliphatic carbocycles. The first-order valence-corrected chi connectivity index (χ1v) is 6.65. The Morgan fingerprint density at radius 1 is 1.18 bits per heavy atom. The maximum absolute atomic E-state index is 6.43. The third-order valence-corrected chi connectivity index (χ3v) is 4.19. The summed E-state index contributed by atoms with van der Waals surface area (Å²) in [6.07, 6.45) is 2.25. The molecule has 2 N–H and O–H groups in total. The summed E-state index contributed by atoms with van der Waals surface area (Å²) in [5.74, 6) is 0.585. The Hall–Kier alpha value is -0.860. The van der Waals surface area contributed by atoms with Crippen LogP contribution < -0.4 is 5.73 Å². The molecule has 1 fully saturated rings. The summed E-state index contributed by atoms with van der Waals surface area (Å²) in [6, 6.07) is 10.7. The van der Waals surface area contributed by atoms with Gasteiger partial charge in [0.1, 0.15) is 0 Å². The number of hydrogen-bond acceptors (Lipinski definition) is 2. The maximum atomic E-state index is 6.43. The normalized spacial score (nSPS) is 20.7. The van der Waals surface area contributed by atoms with Crippen molar-refractivity contribution in [3.63, 3.8) is 0 Å². The zero-order valence-corrected chi connectivity index (χ0v) is 11.0. The van der Waals surface area contributed by atoms with Crippen LogP contribution in [0.2, 0.25) is 0 Å². The Morgan fingerprint density at radius 3 is 2.29 bits per heavy atom. The molecule has 1 aromatic carbocycles. The lowest BCUT2D eigenvalue weighted by Gasteiger charge is -2.42. The van der Waals surface area contributed by atoms with Crippen molar-refractivity contribution >= 4 is 0 Å². The van der Waals surface area contributed by atoms with Gasteiger partial charge in [0.2, 0.25) is 0 Å². The molecule has 2 nitrogen and oxygen atoms in total. The average Bonchev–Trinajstić information content (AvgIpc) is 2.33. The number of nitrogens with two attached hydrogens (primary N) is 1. The molecule has 0 saturated carbocycles. The Morgan fingerprint density at radius 2 is 1.76 bits per heavy atom. The Bertz CT molecular complexity index is 337. The van der Waals surface area contributed by atoms with E-state index in [1.165, 1.54) is 5.56 Å². The van der Waals surface area contributed by atoms with Crippen molar-refractivity contribution in [2.24, 2.45) is 11.7 Å². The van der Waals surface area contributed by atoms with Gasteiger partial charge in [-0.25, -0.2) is 0 Å². The molecule has 1 aliphatic heterocycles. The van der Waals surface area contributed by atoms with Crippen molar-refractivity contribution in [3.8, 4) is 0 Å². The SMILES string of the molecule is CC(C)C1(N)CCN(Cc2ccccc2)CC1. The van der Waals surface area contributed by atoms with Crippen LogP contribution in [0.15, 0.2) is 30.3 Å². The summed E-state index contributed by atoms with van der Waals surface area (Å²) in [6.45, 7) is 7.81. The molecule has 0 unspecified atom stereocenters. The molecule has 17 heavy (non-hydrogen) atoms. The van der Waals surface area contributed by atoms with Gasteiger partial charge in [-0.2, -0.15) is 0 Å². The van der Waals surface area contributed by atoms with Gasteiger partial charge in [-0.3, -0.25) is 4.90 Å². The van der Waals surface area contributed by atoms with E-state index in [1.807, 2.05) is 0 Å². The molecule has 94 valence electrons. The number of likely N-dealkylation sites (tertiary alicyclic amines) is 1. The lowest BCUT2D eigenvalue weighted by atomic mass is 9.79. The highest BCUT2D eigenvalue weighted by molar-refractivity contribution is 5.14. The standard InChI is InChI=1S/C15H24N2/c1-13(2)15(16)8-10-17(11-9-15)12-14-6-4-3-5-7-14/h3-7,13H,8-12,16H2,1-2H3. The average molecular weight is 232 g/mol. The van der Waals surface area contributed by atoms with Crippen LogP contribution in [-0.4, -0.2) is 23.5 Å². The predicted molar refractivity (Wildman–Crippen MR) is 72.7 cm³/mol. The molecular formula is C15H24N2. The molecule has 2 rings (SSSR count). The molecule has 0 radical (unpaired) electrons. The second kappa shape index (κ2) is 5.19. The topological polar surface area (TPSA) is 29.3 Å². The largest absolute Gasteiger partial charge is 0.325 e. The van der Waals surface area contributed by atoms with E-state index >= 15 is 0 Å². The highest BCUT2D eigenvalue weighted by atomic mass is 15.1. The number of piperidine rings is 1. The fourth-order valence-corrected chi connectivity index (χ4v) is 2.55. The molecule has 0 bridgehead atoms. The van der Waals surface area contributed by atoms with Crippen LogP contribution in [0.1, 0.15) is 32.3 Å². The molecule has 2 heteroatoms. The summed E-state index contributed by atoms with van der Waals surface area (Å²) in [7, 11) is 0. The molecule has 0 amide bonds. The van der Waals surface area contributed by atoms with Gasteiger partial charge in [-0.1, -0.05) is 44.2 Å². The van der Waals surface area contributed by atoms with Gasteiger partial charge in [-0.05, 0) is 24.3 Å². The lowest BCUT2D eigenvalue weighted by Crippen LogP contribution is -2.53. The van der Waals surface area contributed by atoms with Gasteiger partial charge >= 0.3 is 0 Å². The Balaban J connectivity index is 1.88. The van der Waals surface area contributed by atoms with Crippen molar-refractivity contribution in [2.45, 2.75) is 38.8 Å². The monoisotopic (exact) mass is 232 g/mol. The van der Waals surface area contributed by atoms with Crippen molar-refractivity contribution in [3.05, 3.63) is 35.9 Å². The summed E-state index contributed by atoms with van der Waals surface area (Å²) < 4.78 is 0. The number of nitrogens with zero attached hydrogens (tertiary/aromatic N) is 1. The van der Waals surface area contributed by atoms with Gasteiger partial charge in [-0.15, -0.1) is 0 Å². The van der Waals surface area contributed by atoms with E-state index in [1.54, 1.807) is 0 Å². The maximum Gasteiger partial charge on any atom is 0.0233 e. The fraction of sp³-hybridized carbons (Fsp3) is 0.600. The highest BCUT2D eigenvalue weighted by Crippen LogP contribution is 2.27. The van der Waals surface area contributed by atoms with Crippen LogP contribution in [0.4, 0.5) is 0 Å². The summed E-state index contributed by atoms with van der Waals surface area (Å²) >= 11 is 0. The minimum Gasteiger partial charge on any atom is -0.325 e. The number of hydrogen-bond donors (Lipinski definition) is 1. The van der Waals surface area contributed by atoms with Crippen molar-refractivity contribution in [1.82, 2.24) is 4.90 Å². The summed E-state index contributed by atoms with van der Waals surface area (Å²) in [5, 5.41) is 0. The zero-order chi connectivity index (χ0) is 12.3. The van der Waals surface area contributed by atoms with Crippen LogP contribution in [0.25, 0.3) is 0 Å². The molecular weight excluding hydrogens is 208 g/mol. The first-order valence-electron chi connectivity index (χ1n) is 6.65. The van der Waals surface area contributed by atoms with E-state index in [-0.39, 0.29) is 5.54 Å². The second-order valence-electron chi connectivity index (χ2n) is 5.65. The smallest absolute Gasteiger partial charge is 0.0233 e. The first kappa shape index (κ1) is 12.6. The predicted octanol–water partition coefficient (Wildman–Crippen LogP) is 2.64. The highest BCUT2D eigenvalue weighted by Gasteiger charge is 2.33. The number of benzene rings is 1. The third kappa shape index (κ3) is 3.08. The van der Waals surface area contributed by atoms with Gasteiger partial charge in [0, 0.05) is 25.2 Å². The number of rotatable bonds is 3. The van der Waals surface area contributed by atoms with Crippen molar-refractivity contribution in [1.29, 1.82) is 0 Å². The van der Waals surface area contributed by atoms with Crippen LogP contribution in [0, 0.1) is 5.92 Å². The van der Waals surface area contributed by atoms with Gasteiger partial charge in [0.15, 0.2) is 0 Å². The first-order chi connectivity index (χ1) is 8.10. The van der Waals surface area contributed by atoms with E-state index in [0.29, 0.717) is 5.92 Å². The second-order valence-corrected chi connectivity index (χ2v) is 5.65. The molecule has 1 heterocycles. The summed E-state index contributed by atoms with van der Waals surface area (Å²) in [5.41, 5.74) is 7.90. The van der Waals surface area contributed by atoms with Crippen LogP contribution in [0.5, 0.6) is 0 Å². The Kier molecular flexibility index (Phi) is 3.85. The minimum atomic E-state index is 0.0627. The van der Waals surface area contributed by atoms with Gasteiger partial charge in [0.05, 0.1) is 0 Å². The quantitative estimate of drug-likeness (QED) is 0.868. The lowest BCUT2D eigenvalue weighted by molar-refractivity contribution is 0.125. The van der Waals surface area contributed by atoms with E-state index in [0.717, 1.165) is 32.5 Å². The molecule has 0 spiro atoms. The van der Waals surface area contributed by atoms with Crippen molar-refractivity contribution < 1.29 is 0 Å². The zero-order valence-electron chi connectivity index (χ0n) is 11.0. The molecule has 0 atom stereocenters. The third-order valence-electron chi connectivity index (χ3n) is 4.19. The molecule has 1 aromatic rings. The van der Waals surface area contributed by atoms with Gasteiger partial charge < -0.3 is 5.73 Å². The molecule has 1 saturated heterocycles.